The Hall–Kier alpha value is -1.93. The molecule has 1 atom stereocenters. The fourth-order valence-electron chi connectivity index (χ4n) is 2.59. The van der Waals surface area contributed by atoms with Gasteiger partial charge in [0.25, 0.3) is 5.91 Å². The van der Waals surface area contributed by atoms with Crippen LogP contribution in [0, 0.1) is 13.8 Å². The summed E-state index contributed by atoms with van der Waals surface area (Å²) >= 11 is 2.98. The number of amidine groups is 1. The van der Waals surface area contributed by atoms with Gasteiger partial charge in [-0.3, -0.25) is 14.8 Å². The van der Waals surface area contributed by atoms with E-state index < -0.39 is 0 Å². The van der Waals surface area contributed by atoms with Gasteiger partial charge in [-0.2, -0.15) is 0 Å². The van der Waals surface area contributed by atoms with Crippen molar-refractivity contribution in [3.63, 3.8) is 0 Å². The van der Waals surface area contributed by atoms with Crippen molar-refractivity contribution < 1.29 is 4.79 Å². The molecule has 0 saturated heterocycles. The van der Waals surface area contributed by atoms with Crippen molar-refractivity contribution in [2.75, 3.05) is 11.1 Å². The van der Waals surface area contributed by atoms with Crippen LogP contribution in [0.3, 0.4) is 0 Å². The van der Waals surface area contributed by atoms with Gasteiger partial charge < -0.3 is 11.1 Å². The first-order valence-corrected chi connectivity index (χ1v) is 9.49. The highest BCUT2D eigenvalue weighted by Crippen LogP contribution is 2.29. The highest BCUT2D eigenvalue weighted by atomic mass is 32.2. The Balaban J connectivity index is 1.79. The first kappa shape index (κ1) is 16.9. The van der Waals surface area contributed by atoms with Crippen LogP contribution in [0.4, 0.5) is 5.69 Å². The monoisotopic (exact) mass is 361 g/mol. The summed E-state index contributed by atoms with van der Waals surface area (Å²) in [6, 6.07) is 1.92. The number of carbonyl (C=O) groups excluding carboxylic acids is 1. The van der Waals surface area contributed by atoms with E-state index in [1.54, 1.807) is 24.2 Å². The highest BCUT2D eigenvalue weighted by Gasteiger charge is 2.17. The molecule has 3 heterocycles. The van der Waals surface area contributed by atoms with E-state index in [9.17, 15) is 4.79 Å². The van der Waals surface area contributed by atoms with Crippen LogP contribution in [0.25, 0.3) is 0 Å². The van der Waals surface area contributed by atoms with E-state index in [1.165, 1.54) is 11.3 Å². The summed E-state index contributed by atoms with van der Waals surface area (Å²) in [5, 5.41) is 4.40. The summed E-state index contributed by atoms with van der Waals surface area (Å²) < 4.78 is 0. The largest absolute Gasteiger partial charge is 0.379 e. The molecule has 8 heteroatoms. The predicted octanol–water partition coefficient (Wildman–Crippen LogP) is 3.29. The van der Waals surface area contributed by atoms with Gasteiger partial charge in [0, 0.05) is 11.9 Å². The number of amides is 1. The van der Waals surface area contributed by atoms with Crippen LogP contribution in [0.2, 0.25) is 0 Å². The molecule has 0 radical (unpaired) electrons. The summed E-state index contributed by atoms with van der Waals surface area (Å²) in [6.07, 6.45) is 5.41. The van der Waals surface area contributed by atoms with Crippen LogP contribution in [0.1, 0.15) is 44.8 Å². The smallest absolute Gasteiger partial charge is 0.267 e. The topological polar surface area (TPSA) is 93.3 Å². The lowest BCUT2D eigenvalue weighted by molar-refractivity contribution is 0.103. The van der Waals surface area contributed by atoms with Crippen LogP contribution in [0.5, 0.6) is 0 Å². The van der Waals surface area contributed by atoms with E-state index in [-0.39, 0.29) is 11.9 Å². The van der Waals surface area contributed by atoms with Crippen molar-refractivity contribution >= 4 is 39.9 Å². The minimum Gasteiger partial charge on any atom is -0.379 e. The number of pyridine rings is 1. The lowest BCUT2D eigenvalue weighted by Crippen LogP contribution is -2.12. The first-order chi connectivity index (χ1) is 11.5. The average molecular weight is 361 g/mol. The van der Waals surface area contributed by atoms with E-state index in [4.69, 9.17) is 5.73 Å². The minimum atomic E-state index is -0.156. The fourth-order valence-corrected chi connectivity index (χ4v) is 4.13. The number of carbonyl (C=O) groups is 1. The second kappa shape index (κ2) is 7.31. The summed E-state index contributed by atoms with van der Waals surface area (Å²) in [5.74, 6) is 0.830. The van der Waals surface area contributed by atoms with Crippen LogP contribution in [0.15, 0.2) is 23.5 Å². The van der Waals surface area contributed by atoms with Crippen LogP contribution in [-0.2, 0) is 0 Å². The van der Waals surface area contributed by atoms with E-state index in [1.807, 2.05) is 19.9 Å². The molecule has 1 aliphatic rings. The Morgan fingerprint density at radius 3 is 2.96 bits per heavy atom. The molecule has 1 unspecified atom stereocenters. The van der Waals surface area contributed by atoms with Crippen LogP contribution >= 0.6 is 23.1 Å². The molecule has 0 aromatic carbocycles. The zero-order chi connectivity index (χ0) is 17.1. The third-order valence-electron chi connectivity index (χ3n) is 3.67. The minimum absolute atomic E-state index is 0.00302. The average Bonchev–Trinajstić information content (AvgIpc) is 2.75. The molecule has 1 aliphatic heterocycles. The second-order valence-corrected chi connectivity index (χ2v) is 7.90. The van der Waals surface area contributed by atoms with Crippen molar-refractivity contribution in [1.82, 2.24) is 9.97 Å². The lowest BCUT2D eigenvalue weighted by atomic mass is 10.0. The molecular weight excluding hydrogens is 342 g/mol. The van der Waals surface area contributed by atoms with Gasteiger partial charge in [0.15, 0.2) is 5.17 Å². The molecule has 3 N–H and O–H groups in total. The Morgan fingerprint density at radius 1 is 1.38 bits per heavy atom. The van der Waals surface area contributed by atoms with Gasteiger partial charge in [0.1, 0.15) is 4.88 Å². The molecular formula is C16H19N5OS2. The molecule has 3 rings (SSSR count). The number of aryl methyl sites for hydroxylation is 2. The number of hydrogen-bond acceptors (Lipinski definition) is 7. The Labute approximate surface area is 149 Å². The van der Waals surface area contributed by atoms with Crippen molar-refractivity contribution in [3.8, 4) is 0 Å². The summed E-state index contributed by atoms with van der Waals surface area (Å²) in [7, 11) is 0. The second-order valence-electron chi connectivity index (χ2n) is 5.58. The number of anilines is 1. The molecule has 0 spiro atoms. The first-order valence-electron chi connectivity index (χ1n) is 7.69. The van der Waals surface area contributed by atoms with Crippen LogP contribution < -0.4 is 11.1 Å². The number of thioether (sulfide) groups is 1. The number of aromatic nitrogens is 2. The lowest BCUT2D eigenvalue weighted by Gasteiger charge is -2.12. The van der Waals surface area contributed by atoms with E-state index in [0.717, 1.165) is 34.9 Å². The molecule has 2 aromatic heterocycles. The number of nitrogens with one attached hydrogen (secondary N) is 1. The van der Waals surface area contributed by atoms with Gasteiger partial charge in [0.2, 0.25) is 0 Å². The zero-order valence-electron chi connectivity index (χ0n) is 13.6. The maximum atomic E-state index is 12.4. The van der Waals surface area contributed by atoms with E-state index >= 15 is 0 Å². The fraction of sp³-hybridized carbons (Fsp3) is 0.375. The van der Waals surface area contributed by atoms with E-state index in [2.05, 4.69) is 20.3 Å². The summed E-state index contributed by atoms with van der Waals surface area (Å²) in [6.45, 7) is 3.73. The quantitative estimate of drug-likeness (QED) is 0.875. The van der Waals surface area contributed by atoms with Crippen molar-refractivity contribution in [2.45, 2.75) is 32.7 Å². The number of rotatable bonds is 3. The maximum Gasteiger partial charge on any atom is 0.267 e. The van der Waals surface area contributed by atoms with Gasteiger partial charge in [-0.25, -0.2) is 4.98 Å². The normalized spacial score (nSPS) is 17.9. The predicted molar refractivity (Wildman–Crippen MR) is 99.8 cm³/mol. The van der Waals surface area contributed by atoms with Crippen LogP contribution in [-0.4, -0.2) is 26.8 Å². The molecule has 0 bridgehead atoms. The van der Waals surface area contributed by atoms with Crippen molar-refractivity contribution in [3.05, 3.63) is 39.6 Å². The molecule has 0 aliphatic carbocycles. The third kappa shape index (κ3) is 3.93. The van der Waals surface area contributed by atoms with Gasteiger partial charge in [0.05, 0.1) is 28.6 Å². The molecule has 24 heavy (non-hydrogen) atoms. The van der Waals surface area contributed by atoms with Gasteiger partial charge in [-0.05, 0) is 38.3 Å². The molecule has 6 nitrogen and oxygen atoms in total. The molecule has 1 amide bonds. The van der Waals surface area contributed by atoms with Crippen molar-refractivity contribution in [2.24, 2.45) is 10.7 Å². The standard InChI is InChI=1S/C16H19N5OS2/c1-9-14(24-10(2)19-9)15(22)20-12-6-11(7-18-8-12)13-4-3-5-23-16(17)21-13/h6-8,13H,3-5H2,1-2H3,(H2,17,21)(H,20,22). The summed E-state index contributed by atoms with van der Waals surface area (Å²) in [5.41, 5.74) is 8.27. The number of hydrogen-bond donors (Lipinski definition) is 2. The number of aliphatic imine (C=N–C) groups is 1. The number of thiazole rings is 1. The van der Waals surface area contributed by atoms with Crippen molar-refractivity contribution in [1.29, 1.82) is 0 Å². The Morgan fingerprint density at radius 2 is 2.21 bits per heavy atom. The third-order valence-corrected chi connectivity index (χ3v) is 5.63. The molecule has 0 saturated carbocycles. The van der Waals surface area contributed by atoms with Gasteiger partial charge in [-0.1, -0.05) is 11.8 Å². The zero-order valence-corrected chi connectivity index (χ0v) is 15.2. The SMILES string of the molecule is Cc1nc(C)c(C(=O)Nc2cncc(C3CCCSC(N)=N3)c2)s1. The molecule has 126 valence electrons. The number of nitrogens with two attached hydrogens (primary N) is 1. The molecule has 0 fully saturated rings. The van der Waals surface area contributed by atoms with Gasteiger partial charge in [-0.15, -0.1) is 11.3 Å². The van der Waals surface area contributed by atoms with Gasteiger partial charge >= 0.3 is 0 Å². The Bertz CT molecular complexity index is 787. The van der Waals surface area contributed by atoms with E-state index in [0.29, 0.717) is 15.7 Å². The maximum absolute atomic E-state index is 12.4. The summed E-state index contributed by atoms with van der Waals surface area (Å²) in [4.78, 5) is 26.1. The highest BCUT2D eigenvalue weighted by molar-refractivity contribution is 8.13. The Kier molecular flexibility index (Phi) is 5.15. The molecule has 2 aromatic rings. The number of nitrogens with zero attached hydrogens (tertiary/aromatic N) is 3.